The van der Waals surface area contributed by atoms with E-state index in [9.17, 15) is 18.8 Å². The third-order valence-electron chi connectivity index (χ3n) is 4.58. The minimum absolute atomic E-state index is 0.0111. The maximum Gasteiger partial charge on any atom is 0.282 e. The third kappa shape index (κ3) is 4.81. The van der Waals surface area contributed by atoms with Gasteiger partial charge in [0, 0.05) is 5.69 Å². The van der Waals surface area contributed by atoms with Crippen molar-refractivity contribution >= 4 is 35.2 Å². The molecule has 1 fully saturated rings. The fourth-order valence-corrected chi connectivity index (χ4v) is 3.06. The molecule has 3 amide bonds. The molecule has 1 aliphatic heterocycles. The Morgan fingerprint density at radius 1 is 1.00 bits per heavy atom. The van der Waals surface area contributed by atoms with Crippen molar-refractivity contribution in [3.63, 3.8) is 0 Å². The Morgan fingerprint density at radius 2 is 1.75 bits per heavy atom. The molecule has 0 unspecified atom stereocenters. The summed E-state index contributed by atoms with van der Waals surface area (Å²) in [5, 5.41) is 3.74. The average Bonchev–Trinajstić information content (AvgIpc) is 3.07. The van der Waals surface area contributed by atoms with Crippen molar-refractivity contribution in [2.45, 2.75) is 0 Å². The van der Waals surface area contributed by atoms with Crippen LogP contribution in [-0.2, 0) is 14.4 Å². The van der Waals surface area contributed by atoms with Gasteiger partial charge in [0.15, 0.2) is 6.61 Å². The van der Waals surface area contributed by atoms with E-state index in [0.29, 0.717) is 22.7 Å². The molecule has 160 valence electrons. The number of nitrogens with zero attached hydrogens (tertiary/aromatic N) is 1. The van der Waals surface area contributed by atoms with Gasteiger partial charge in [-0.05, 0) is 54.1 Å². The molecule has 0 bridgehead atoms. The lowest BCUT2D eigenvalue weighted by Gasteiger charge is -2.13. The van der Waals surface area contributed by atoms with Gasteiger partial charge in [-0.25, -0.2) is 9.40 Å². The van der Waals surface area contributed by atoms with Gasteiger partial charge in [0.1, 0.15) is 17.1 Å². The number of amides is 3. The van der Waals surface area contributed by atoms with Crippen molar-refractivity contribution in [3.8, 4) is 5.75 Å². The van der Waals surface area contributed by atoms with Gasteiger partial charge in [0.25, 0.3) is 17.7 Å². The van der Waals surface area contributed by atoms with Crippen molar-refractivity contribution < 1.29 is 23.5 Å². The highest BCUT2D eigenvalue weighted by atomic mass is 19.1. The predicted octanol–water partition coefficient (Wildman–Crippen LogP) is 3.30. The first-order valence-corrected chi connectivity index (χ1v) is 9.70. The summed E-state index contributed by atoms with van der Waals surface area (Å²) < 4.78 is 18.6. The zero-order valence-electron chi connectivity index (χ0n) is 16.7. The van der Waals surface area contributed by atoms with Crippen LogP contribution in [-0.4, -0.2) is 24.3 Å². The summed E-state index contributed by atoms with van der Waals surface area (Å²) >= 11 is 0. The predicted molar refractivity (Wildman–Crippen MR) is 117 cm³/mol. The number of anilines is 2. The molecule has 8 heteroatoms. The van der Waals surface area contributed by atoms with Crippen LogP contribution in [0.1, 0.15) is 5.56 Å². The van der Waals surface area contributed by atoms with Crippen LogP contribution in [0.3, 0.4) is 0 Å². The quantitative estimate of drug-likeness (QED) is 0.463. The van der Waals surface area contributed by atoms with Gasteiger partial charge in [-0.3, -0.25) is 19.8 Å². The van der Waals surface area contributed by atoms with Crippen LogP contribution in [0.25, 0.3) is 6.08 Å². The molecule has 3 aromatic rings. The van der Waals surface area contributed by atoms with E-state index in [2.05, 4.69) is 10.7 Å². The molecule has 1 saturated heterocycles. The molecule has 32 heavy (non-hydrogen) atoms. The van der Waals surface area contributed by atoms with Crippen molar-refractivity contribution in [2.75, 3.05) is 16.9 Å². The lowest BCUT2D eigenvalue weighted by molar-refractivity contribution is -0.118. The normalized spacial score (nSPS) is 14.4. The SMILES string of the molecule is O=C(COc1ccc(C=C2C(=O)NN(c3ccccc3)C2=O)cc1)Nc1cccc(F)c1. The summed E-state index contributed by atoms with van der Waals surface area (Å²) in [5.41, 5.74) is 4.08. The molecule has 0 atom stereocenters. The minimum Gasteiger partial charge on any atom is -0.484 e. The minimum atomic E-state index is -0.492. The number of para-hydroxylation sites is 1. The number of hydrogen-bond acceptors (Lipinski definition) is 4. The van der Waals surface area contributed by atoms with E-state index >= 15 is 0 Å². The van der Waals surface area contributed by atoms with Crippen LogP contribution in [0.4, 0.5) is 15.8 Å². The first-order chi connectivity index (χ1) is 15.5. The van der Waals surface area contributed by atoms with Crippen LogP contribution < -0.4 is 20.5 Å². The van der Waals surface area contributed by atoms with E-state index in [1.54, 1.807) is 54.6 Å². The third-order valence-corrected chi connectivity index (χ3v) is 4.58. The van der Waals surface area contributed by atoms with Gasteiger partial charge in [-0.15, -0.1) is 0 Å². The Bertz CT molecular complexity index is 1190. The zero-order chi connectivity index (χ0) is 22.5. The highest BCUT2D eigenvalue weighted by Gasteiger charge is 2.34. The summed E-state index contributed by atoms with van der Waals surface area (Å²) in [6.07, 6.45) is 1.49. The van der Waals surface area contributed by atoms with Crippen LogP contribution in [0.5, 0.6) is 5.75 Å². The first kappa shape index (κ1) is 20.8. The van der Waals surface area contributed by atoms with Crippen molar-refractivity contribution in [3.05, 3.63) is 95.8 Å². The van der Waals surface area contributed by atoms with E-state index in [4.69, 9.17) is 4.74 Å². The van der Waals surface area contributed by atoms with Gasteiger partial charge in [0.2, 0.25) is 0 Å². The maximum atomic E-state index is 13.2. The van der Waals surface area contributed by atoms with Gasteiger partial charge in [-0.2, -0.15) is 0 Å². The van der Waals surface area contributed by atoms with Crippen LogP contribution in [0, 0.1) is 5.82 Å². The van der Waals surface area contributed by atoms with Gasteiger partial charge >= 0.3 is 0 Å². The van der Waals surface area contributed by atoms with Crippen molar-refractivity contribution in [1.82, 2.24) is 5.43 Å². The second-order valence-corrected chi connectivity index (χ2v) is 6.89. The second-order valence-electron chi connectivity index (χ2n) is 6.89. The van der Waals surface area contributed by atoms with Crippen LogP contribution in [0.15, 0.2) is 84.4 Å². The lowest BCUT2D eigenvalue weighted by atomic mass is 10.1. The Labute approximate surface area is 183 Å². The molecule has 1 aliphatic rings. The van der Waals surface area contributed by atoms with E-state index in [1.165, 1.54) is 29.3 Å². The van der Waals surface area contributed by atoms with Crippen LogP contribution in [0.2, 0.25) is 0 Å². The number of nitrogens with one attached hydrogen (secondary N) is 2. The number of rotatable bonds is 6. The second kappa shape index (κ2) is 9.13. The summed E-state index contributed by atoms with van der Waals surface area (Å²) in [4.78, 5) is 36.8. The largest absolute Gasteiger partial charge is 0.484 e. The van der Waals surface area contributed by atoms with Gasteiger partial charge < -0.3 is 10.1 Å². The zero-order valence-corrected chi connectivity index (χ0v) is 16.7. The lowest BCUT2D eigenvalue weighted by Crippen LogP contribution is -2.35. The highest BCUT2D eigenvalue weighted by molar-refractivity contribution is 6.31. The van der Waals surface area contributed by atoms with Crippen molar-refractivity contribution in [2.24, 2.45) is 0 Å². The molecule has 1 heterocycles. The summed E-state index contributed by atoms with van der Waals surface area (Å²) in [7, 11) is 0. The molecule has 0 spiro atoms. The number of benzene rings is 3. The Kier molecular flexibility index (Phi) is 5.94. The van der Waals surface area contributed by atoms with E-state index in [1.807, 2.05) is 6.07 Å². The fraction of sp³-hybridized carbons (Fsp3) is 0.0417. The molecule has 0 aromatic heterocycles. The van der Waals surface area contributed by atoms with E-state index < -0.39 is 23.5 Å². The number of hydrazine groups is 1. The smallest absolute Gasteiger partial charge is 0.282 e. The molecule has 7 nitrogen and oxygen atoms in total. The fourth-order valence-electron chi connectivity index (χ4n) is 3.06. The highest BCUT2D eigenvalue weighted by Crippen LogP contribution is 2.22. The van der Waals surface area contributed by atoms with E-state index in [0.717, 1.165) is 0 Å². The molecule has 0 aliphatic carbocycles. The number of carbonyl (C=O) groups is 3. The molecule has 2 N–H and O–H groups in total. The molecular formula is C24H18FN3O4. The Balaban J connectivity index is 1.37. The summed E-state index contributed by atoms with van der Waals surface area (Å²) in [5.74, 6) is -1.40. The van der Waals surface area contributed by atoms with E-state index in [-0.39, 0.29) is 12.2 Å². The molecular weight excluding hydrogens is 413 g/mol. The Morgan fingerprint density at radius 3 is 2.47 bits per heavy atom. The topological polar surface area (TPSA) is 87.7 Å². The maximum absolute atomic E-state index is 13.2. The molecule has 4 rings (SSSR count). The molecule has 3 aromatic carbocycles. The van der Waals surface area contributed by atoms with Gasteiger partial charge in [0.05, 0.1) is 5.69 Å². The Hall–Kier alpha value is -4.46. The monoisotopic (exact) mass is 431 g/mol. The number of halogens is 1. The number of carbonyl (C=O) groups excluding carboxylic acids is 3. The summed E-state index contributed by atoms with van der Waals surface area (Å²) in [6, 6.07) is 20.9. The average molecular weight is 431 g/mol. The number of hydrogen-bond donors (Lipinski definition) is 2. The first-order valence-electron chi connectivity index (χ1n) is 9.70. The summed E-state index contributed by atoms with van der Waals surface area (Å²) in [6.45, 7) is -0.260. The standard InChI is InChI=1S/C24H18FN3O4/c25-17-5-4-6-18(14-17)26-22(29)15-32-20-11-9-16(10-12-20)13-21-23(30)27-28(24(21)31)19-7-2-1-3-8-19/h1-14H,15H2,(H,26,29)(H,27,30). The van der Waals surface area contributed by atoms with Gasteiger partial charge in [-0.1, -0.05) is 36.4 Å². The van der Waals surface area contributed by atoms with Crippen LogP contribution >= 0.6 is 0 Å². The molecule has 0 saturated carbocycles. The number of ether oxygens (including phenoxy) is 1. The van der Waals surface area contributed by atoms with Crippen molar-refractivity contribution in [1.29, 1.82) is 0 Å². The molecule has 0 radical (unpaired) electrons.